The first-order valence-electron chi connectivity index (χ1n) is 8.45. The first-order valence-corrected chi connectivity index (χ1v) is 8.45. The molecule has 0 radical (unpaired) electrons. The number of carbonyl (C=O) groups is 2. The molecule has 1 unspecified atom stereocenters. The zero-order valence-electron chi connectivity index (χ0n) is 14.7. The molecule has 132 valence electrons. The van der Waals surface area contributed by atoms with Crippen molar-refractivity contribution in [2.45, 2.75) is 38.9 Å². The maximum Gasteiger partial charge on any atom is 0.374 e. The predicted molar refractivity (Wildman–Crippen MR) is 96.0 cm³/mol. The summed E-state index contributed by atoms with van der Waals surface area (Å²) in [4.78, 5) is 23.6. The van der Waals surface area contributed by atoms with E-state index in [2.05, 4.69) is 0 Å². The molecular formula is C21H24O4. The van der Waals surface area contributed by atoms with Crippen molar-refractivity contribution in [3.63, 3.8) is 0 Å². The molecular weight excluding hydrogens is 316 g/mol. The van der Waals surface area contributed by atoms with E-state index < -0.39 is 11.8 Å². The molecule has 2 aromatic carbocycles. The summed E-state index contributed by atoms with van der Waals surface area (Å²) in [5.74, 6) is -1.23. The van der Waals surface area contributed by atoms with Crippen LogP contribution in [0.1, 0.15) is 42.6 Å². The van der Waals surface area contributed by atoms with Gasteiger partial charge in [0.05, 0.1) is 6.10 Å². The summed E-state index contributed by atoms with van der Waals surface area (Å²) in [6.07, 6.45) is 1.64. The molecule has 0 aliphatic carbocycles. The maximum atomic E-state index is 11.8. The highest BCUT2D eigenvalue weighted by atomic mass is 16.5. The van der Waals surface area contributed by atoms with Crippen LogP contribution in [0.25, 0.3) is 0 Å². The predicted octanol–water partition coefficient (Wildman–Crippen LogP) is 4.03. The Hall–Kier alpha value is -2.46. The molecule has 25 heavy (non-hydrogen) atoms. The van der Waals surface area contributed by atoms with Gasteiger partial charge in [-0.2, -0.15) is 0 Å². The Morgan fingerprint density at radius 2 is 1.64 bits per heavy atom. The van der Waals surface area contributed by atoms with Crippen molar-refractivity contribution in [2.24, 2.45) is 0 Å². The molecule has 0 fully saturated rings. The van der Waals surface area contributed by atoms with E-state index in [4.69, 9.17) is 9.47 Å². The molecule has 0 aromatic heterocycles. The molecule has 0 aliphatic rings. The third-order valence-electron chi connectivity index (χ3n) is 4.11. The molecule has 2 rings (SSSR count). The fraction of sp³-hybridized carbons (Fsp3) is 0.333. The molecule has 2 aromatic rings. The highest BCUT2D eigenvalue weighted by molar-refractivity contribution is 6.33. The van der Waals surface area contributed by atoms with E-state index in [1.165, 1.54) is 0 Å². The molecule has 0 spiro atoms. The van der Waals surface area contributed by atoms with Crippen LogP contribution >= 0.6 is 0 Å². The molecule has 0 bridgehead atoms. The second-order valence-electron chi connectivity index (χ2n) is 5.96. The topological polar surface area (TPSA) is 52.6 Å². The summed E-state index contributed by atoms with van der Waals surface area (Å²) in [5.41, 5.74) is 3.12. The number of hydrogen-bond donors (Lipinski definition) is 0. The maximum absolute atomic E-state index is 11.8. The molecule has 0 heterocycles. The first-order chi connectivity index (χ1) is 12.1. The molecule has 0 amide bonds. The van der Waals surface area contributed by atoms with Gasteiger partial charge in [-0.3, -0.25) is 4.79 Å². The Balaban J connectivity index is 1.71. The molecule has 0 saturated carbocycles. The molecule has 4 nitrogen and oxygen atoms in total. The summed E-state index contributed by atoms with van der Waals surface area (Å²) in [6.45, 7) is 2.12. The minimum Gasteiger partial charge on any atom is -0.455 e. The molecule has 0 aliphatic heterocycles. The first kappa shape index (κ1) is 18.9. The summed E-state index contributed by atoms with van der Waals surface area (Å²) in [6, 6.07) is 17.4. The normalized spacial score (nSPS) is 11.8. The minimum absolute atomic E-state index is 0.0648. The van der Waals surface area contributed by atoms with Gasteiger partial charge < -0.3 is 9.47 Å². The molecule has 1 atom stereocenters. The van der Waals surface area contributed by atoms with Crippen LogP contribution in [0.15, 0.2) is 54.6 Å². The van der Waals surface area contributed by atoms with Gasteiger partial charge in [0.2, 0.25) is 5.78 Å². The summed E-state index contributed by atoms with van der Waals surface area (Å²) < 4.78 is 10.3. The van der Waals surface area contributed by atoms with Gasteiger partial charge in [-0.25, -0.2) is 4.79 Å². The number of ketones is 1. The summed E-state index contributed by atoms with van der Waals surface area (Å²) in [5, 5.41) is 0. The number of ether oxygens (including phenoxy) is 2. The number of benzene rings is 2. The van der Waals surface area contributed by atoms with Gasteiger partial charge >= 0.3 is 5.97 Å². The van der Waals surface area contributed by atoms with Gasteiger partial charge in [-0.05, 0) is 36.5 Å². The minimum atomic E-state index is -0.756. The van der Waals surface area contributed by atoms with Crippen molar-refractivity contribution in [2.75, 3.05) is 7.11 Å². The number of methoxy groups -OCH3 is 1. The summed E-state index contributed by atoms with van der Waals surface area (Å²) in [7, 11) is 1.68. The van der Waals surface area contributed by atoms with Gasteiger partial charge in [-0.15, -0.1) is 0 Å². The number of hydrogen-bond acceptors (Lipinski definition) is 4. The lowest BCUT2D eigenvalue weighted by Gasteiger charge is -2.10. The third kappa shape index (κ3) is 6.16. The van der Waals surface area contributed by atoms with Gasteiger partial charge in [0.15, 0.2) is 0 Å². The lowest BCUT2D eigenvalue weighted by molar-refractivity contribution is -0.154. The molecule has 0 saturated heterocycles. The van der Waals surface area contributed by atoms with Gasteiger partial charge in [0.25, 0.3) is 0 Å². The zero-order valence-corrected chi connectivity index (χ0v) is 14.7. The smallest absolute Gasteiger partial charge is 0.374 e. The number of rotatable bonds is 9. The average Bonchev–Trinajstić information content (AvgIpc) is 2.66. The van der Waals surface area contributed by atoms with Gasteiger partial charge in [0, 0.05) is 13.5 Å². The van der Waals surface area contributed by atoms with E-state index in [0.29, 0.717) is 6.42 Å². The fourth-order valence-electron chi connectivity index (χ4n) is 2.45. The number of aryl methyl sites for hydroxylation is 1. The lowest BCUT2D eigenvalue weighted by Crippen LogP contribution is -2.17. The van der Waals surface area contributed by atoms with Crippen LogP contribution in [0.2, 0.25) is 0 Å². The van der Waals surface area contributed by atoms with Crippen LogP contribution in [0, 0.1) is 0 Å². The van der Waals surface area contributed by atoms with Crippen LogP contribution in [-0.4, -0.2) is 18.9 Å². The fourth-order valence-corrected chi connectivity index (χ4v) is 2.45. The van der Waals surface area contributed by atoms with E-state index in [1.54, 1.807) is 7.11 Å². The van der Waals surface area contributed by atoms with E-state index in [9.17, 15) is 9.59 Å². The van der Waals surface area contributed by atoms with Crippen molar-refractivity contribution in [1.29, 1.82) is 0 Å². The van der Waals surface area contributed by atoms with E-state index in [0.717, 1.165) is 23.1 Å². The standard InChI is InChI=1S/C21H24O4/c1-16(24-2)19-13-11-17(12-14-19)9-6-10-20(22)21(23)25-15-18-7-4-3-5-8-18/h3-5,7-8,11-14,16H,6,9-10,15H2,1-2H3. The van der Waals surface area contributed by atoms with Crippen LogP contribution in [-0.2, 0) is 32.1 Å². The Morgan fingerprint density at radius 1 is 0.960 bits per heavy atom. The second kappa shape index (κ2) is 9.74. The van der Waals surface area contributed by atoms with Gasteiger partial charge in [-0.1, -0.05) is 54.6 Å². The third-order valence-corrected chi connectivity index (χ3v) is 4.11. The second-order valence-corrected chi connectivity index (χ2v) is 5.96. The van der Waals surface area contributed by atoms with Crippen molar-refractivity contribution in [1.82, 2.24) is 0 Å². The van der Waals surface area contributed by atoms with E-state index >= 15 is 0 Å². The van der Waals surface area contributed by atoms with Crippen molar-refractivity contribution >= 4 is 11.8 Å². The van der Waals surface area contributed by atoms with Crippen molar-refractivity contribution in [3.8, 4) is 0 Å². The molecule has 0 N–H and O–H groups in total. The van der Waals surface area contributed by atoms with Crippen LogP contribution in [0.4, 0.5) is 0 Å². The van der Waals surface area contributed by atoms with Crippen molar-refractivity contribution < 1.29 is 19.1 Å². The highest BCUT2D eigenvalue weighted by Crippen LogP contribution is 2.17. The van der Waals surface area contributed by atoms with Crippen LogP contribution < -0.4 is 0 Å². The van der Waals surface area contributed by atoms with E-state index in [1.807, 2.05) is 61.5 Å². The number of Topliss-reactive ketones (excluding diaryl/α,β-unsaturated/α-hetero) is 1. The SMILES string of the molecule is COC(C)c1ccc(CCCC(=O)C(=O)OCc2ccccc2)cc1. The largest absolute Gasteiger partial charge is 0.455 e. The molecule has 4 heteroatoms. The highest BCUT2D eigenvalue weighted by Gasteiger charge is 2.15. The Kier molecular flexibility index (Phi) is 7.36. The van der Waals surface area contributed by atoms with Gasteiger partial charge in [0.1, 0.15) is 6.61 Å². The van der Waals surface area contributed by atoms with Crippen LogP contribution in [0.3, 0.4) is 0 Å². The number of esters is 1. The van der Waals surface area contributed by atoms with E-state index in [-0.39, 0.29) is 19.1 Å². The lowest BCUT2D eigenvalue weighted by atomic mass is 10.0. The summed E-state index contributed by atoms with van der Waals surface area (Å²) >= 11 is 0. The Labute approximate surface area is 148 Å². The monoisotopic (exact) mass is 340 g/mol. The zero-order chi connectivity index (χ0) is 18.1. The quantitative estimate of drug-likeness (QED) is 0.511. The Bertz CT molecular complexity index is 677. The average molecular weight is 340 g/mol. The van der Waals surface area contributed by atoms with Crippen LogP contribution in [0.5, 0.6) is 0 Å². The number of carbonyl (C=O) groups excluding carboxylic acids is 2. The Morgan fingerprint density at radius 3 is 2.28 bits per heavy atom. The van der Waals surface area contributed by atoms with Crippen molar-refractivity contribution in [3.05, 3.63) is 71.3 Å².